The summed E-state index contributed by atoms with van der Waals surface area (Å²) in [7, 11) is 0. The van der Waals surface area contributed by atoms with E-state index in [2.05, 4.69) is 14.8 Å². The Labute approximate surface area is 171 Å². The summed E-state index contributed by atoms with van der Waals surface area (Å²) in [5.41, 5.74) is 2.57. The number of carbonyl (C=O) groups excluding carboxylic acids is 1. The maximum atomic E-state index is 12.4. The van der Waals surface area contributed by atoms with E-state index in [1.165, 1.54) is 37.7 Å². The number of nitriles is 1. The Morgan fingerprint density at radius 3 is 2.67 bits per heavy atom. The molecule has 1 aliphatic carbocycles. The van der Waals surface area contributed by atoms with Gasteiger partial charge in [0.1, 0.15) is 11.7 Å². The quantitative estimate of drug-likeness (QED) is 0.647. The largest absolute Gasteiger partial charge is 0.433 e. The SMILES string of the molecule is C1CC1.N#CC1CCN(c2ccnn3cc(-c4cncc(OC(F)F)c4)cc23)C1=O. The predicted octanol–water partition coefficient (Wildman–Crippen LogP) is 4.04. The molecular weight excluding hydrogens is 392 g/mol. The number of pyridine rings is 1. The fraction of sp³-hybridized carbons (Fsp3) is 0.333. The van der Waals surface area contributed by atoms with Crippen LogP contribution < -0.4 is 9.64 Å². The summed E-state index contributed by atoms with van der Waals surface area (Å²) >= 11 is 0. The molecule has 1 saturated heterocycles. The monoisotopic (exact) mass is 411 g/mol. The zero-order valence-corrected chi connectivity index (χ0v) is 16.0. The summed E-state index contributed by atoms with van der Waals surface area (Å²) in [4.78, 5) is 17.9. The first kappa shape index (κ1) is 19.8. The normalized spacial score (nSPS) is 17.6. The summed E-state index contributed by atoms with van der Waals surface area (Å²) in [6.07, 6.45) is 11.0. The van der Waals surface area contributed by atoms with Crippen molar-refractivity contribution in [2.75, 3.05) is 11.4 Å². The second kappa shape index (κ2) is 8.45. The van der Waals surface area contributed by atoms with Crippen LogP contribution in [0.25, 0.3) is 16.6 Å². The smallest absolute Gasteiger partial charge is 0.387 e. The number of hydrogen-bond acceptors (Lipinski definition) is 5. The first-order chi connectivity index (χ1) is 14.6. The minimum atomic E-state index is -2.93. The van der Waals surface area contributed by atoms with Crippen molar-refractivity contribution in [1.82, 2.24) is 14.6 Å². The molecule has 0 aromatic carbocycles. The predicted molar refractivity (Wildman–Crippen MR) is 105 cm³/mol. The highest BCUT2D eigenvalue weighted by atomic mass is 19.3. The van der Waals surface area contributed by atoms with Crippen LogP contribution >= 0.6 is 0 Å². The maximum absolute atomic E-state index is 12.4. The van der Waals surface area contributed by atoms with Crippen molar-refractivity contribution in [3.05, 3.63) is 43.0 Å². The maximum Gasteiger partial charge on any atom is 0.387 e. The van der Waals surface area contributed by atoms with E-state index in [1.54, 1.807) is 33.9 Å². The molecule has 1 amide bonds. The number of hydrogen-bond donors (Lipinski definition) is 0. The van der Waals surface area contributed by atoms with E-state index in [1.807, 2.05) is 6.07 Å². The standard InChI is InChI=1S/C18H13F2N5O2.C3H6/c19-18(20)27-14-5-12(8-22-9-14)13-6-16-15(1-3-23-25(16)10-13)24-4-2-11(7-21)17(24)26;1-2-3-1/h1,3,5-6,8-11,18H,2,4H2;1-3H2. The van der Waals surface area contributed by atoms with Gasteiger partial charge in [-0.15, -0.1) is 0 Å². The van der Waals surface area contributed by atoms with Gasteiger partial charge in [-0.2, -0.15) is 19.1 Å². The van der Waals surface area contributed by atoms with Crippen LogP contribution in [0.4, 0.5) is 14.5 Å². The van der Waals surface area contributed by atoms with Crippen molar-refractivity contribution >= 4 is 17.1 Å². The number of rotatable bonds is 4. The van der Waals surface area contributed by atoms with Crippen molar-refractivity contribution in [3.63, 3.8) is 0 Å². The van der Waals surface area contributed by atoms with Crippen molar-refractivity contribution in [1.29, 1.82) is 5.26 Å². The van der Waals surface area contributed by atoms with E-state index < -0.39 is 12.5 Å². The van der Waals surface area contributed by atoms with Gasteiger partial charge < -0.3 is 9.64 Å². The molecule has 1 unspecified atom stereocenters. The van der Waals surface area contributed by atoms with Crippen LogP contribution in [-0.4, -0.2) is 33.7 Å². The van der Waals surface area contributed by atoms with Gasteiger partial charge in [0.05, 0.1) is 23.5 Å². The highest BCUT2D eigenvalue weighted by Gasteiger charge is 2.33. The van der Waals surface area contributed by atoms with Gasteiger partial charge in [-0.05, 0) is 24.6 Å². The lowest BCUT2D eigenvalue weighted by Gasteiger charge is -2.16. The number of amides is 1. The van der Waals surface area contributed by atoms with Gasteiger partial charge in [-0.25, -0.2) is 4.52 Å². The first-order valence-electron chi connectivity index (χ1n) is 9.65. The zero-order valence-electron chi connectivity index (χ0n) is 16.0. The molecule has 9 heteroatoms. The highest BCUT2D eigenvalue weighted by molar-refractivity contribution is 6.02. The molecule has 3 aromatic rings. The van der Waals surface area contributed by atoms with Gasteiger partial charge in [0.25, 0.3) is 0 Å². The van der Waals surface area contributed by atoms with Crippen LogP contribution in [0.5, 0.6) is 5.75 Å². The van der Waals surface area contributed by atoms with Crippen LogP contribution in [0.3, 0.4) is 0 Å². The first-order valence-corrected chi connectivity index (χ1v) is 9.65. The fourth-order valence-electron chi connectivity index (χ4n) is 3.17. The molecule has 4 heterocycles. The van der Waals surface area contributed by atoms with E-state index >= 15 is 0 Å². The summed E-state index contributed by atoms with van der Waals surface area (Å²) in [5, 5.41) is 13.3. The minimum absolute atomic E-state index is 0.0440. The molecule has 154 valence electrons. The highest BCUT2D eigenvalue weighted by Crippen LogP contribution is 2.32. The lowest BCUT2D eigenvalue weighted by Crippen LogP contribution is -2.27. The van der Waals surface area contributed by atoms with Gasteiger partial charge >= 0.3 is 6.61 Å². The van der Waals surface area contributed by atoms with Crippen LogP contribution in [0, 0.1) is 17.2 Å². The van der Waals surface area contributed by atoms with E-state index in [-0.39, 0.29) is 11.7 Å². The average molecular weight is 411 g/mol. The number of ether oxygens (including phenoxy) is 1. The van der Waals surface area contributed by atoms with Gasteiger partial charge in [-0.1, -0.05) is 19.3 Å². The Balaban J connectivity index is 0.000000667. The molecule has 2 fully saturated rings. The fourth-order valence-corrected chi connectivity index (χ4v) is 3.17. The van der Waals surface area contributed by atoms with E-state index in [4.69, 9.17) is 5.26 Å². The van der Waals surface area contributed by atoms with Crippen molar-refractivity contribution < 1.29 is 18.3 Å². The minimum Gasteiger partial charge on any atom is -0.433 e. The molecule has 30 heavy (non-hydrogen) atoms. The number of aromatic nitrogens is 3. The molecule has 0 N–H and O–H groups in total. The molecule has 7 nitrogen and oxygen atoms in total. The van der Waals surface area contributed by atoms with Gasteiger partial charge in [-0.3, -0.25) is 9.78 Å². The molecule has 1 saturated carbocycles. The number of carbonyl (C=O) groups is 1. The van der Waals surface area contributed by atoms with Gasteiger partial charge in [0.2, 0.25) is 5.91 Å². The number of nitrogens with zero attached hydrogens (tertiary/aromatic N) is 5. The Morgan fingerprint density at radius 2 is 2.00 bits per heavy atom. The number of fused-ring (bicyclic) bond motifs is 1. The summed E-state index contributed by atoms with van der Waals surface area (Å²) in [5.74, 6) is -0.917. The van der Waals surface area contributed by atoms with Crippen molar-refractivity contribution in [3.8, 4) is 22.9 Å². The molecule has 1 atom stereocenters. The number of anilines is 1. The summed E-state index contributed by atoms with van der Waals surface area (Å²) in [6, 6.07) is 6.98. The second-order valence-corrected chi connectivity index (χ2v) is 7.08. The van der Waals surface area contributed by atoms with Crippen molar-refractivity contribution in [2.24, 2.45) is 5.92 Å². The van der Waals surface area contributed by atoms with Gasteiger partial charge in [0, 0.05) is 36.3 Å². The number of alkyl halides is 2. The van der Waals surface area contributed by atoms with E-state index in [9.17, 15) is 13.6 Å². The second-order valence-electron chi connectivity index (χ2n) is 7.08. The lowest BCUT2D eigenvalue weighted by molar-refractivity contribution is -0.118. The lowest BCUT2D eigenvalue weighted by atomic mass is 10.1. The van der Waals surface area contributed by atoms with Crippen LogP contribution in [0.15, 0.2) is 43.0 Å². The average Bonchev–Trinajstić information content (AvgIpc) is 3.48. The molecule has 0 radical (unpaired) electrons. The summed E-state index contributed by atoms with van der Waals surface area (Å²) < 4.78 is 30.8. The Hall–Kier alpha value is -3.54. The molecule has 0 bridgehead atoms. The summed E-state index contributed by atoms with van der Waals surface area (Å²) in [6.45, 7) is -2.48. The zero-order chi connectivity index (χ0) is 21.1. The third-order valence-corrected chi connectivity index (χ3v) is 4.76. The molecule has 5 rings (SSSR count). The topological polar surface area (TPSA) is 83.5 Å². The number of halogens is 2. The Kier molecular flexibility index (Phi) is 5.57. The van der Waals surface area contributed by atoms with E-state index in [0.29, 0.717) is 35.3 Å². The third-order valence-electron chi connectivity index (χ3n) is 4.76. The Morgan fingerprint density at radius 1 is 1.20 bits per heavy atom. The Bertz CT molecular complexity index is 1100. The molecule has 1 aliphatic heterocycles. The van der Waals surface area contributed by atoms with Gasteiger partial charge in [0.15, 0.2) is 0 Å². The molecular formula is C21H19F2N5O2. The molecule has 3 aromatic heterocycles. The van der Waals surface area contributed by atoms with Crippen LogP contribution in [0.2, 0.25) is 0 Å². The van der Waals surface area contributed by atoms with E-state index in [0.717, 1.165) is 0 Å². The third kappa shape index (κ3) is 4.22. The molecule has 0 spiro atoms. The van der Waals surface area contributed by atoms with Crippen LogP contribution in [0.1, 0.15) is 25.7 Å². The van der Waals surface area contributed by atoms with Crippen LogP contribution in [-0.2, 0) is 4.79 Å². The molecule has 2 aliphatic rings. The van der Waals surface area contributed by atoms with Crippen molar-refractivity contribution in [2.45, 2.75) is 32.3 Å².